The van der Waals surface area contributed by atoms with Gasteiger partial charge in [0.05, 0.1) is 6.04 Å². The summed E-state index contributed by atoms with van der Waals surface area (Å²) in [4.78, 5) is 49.4. The Morgan fingerprint density at radius 2 is 1.88 bits per heavy atom. The molecule has 0 aliphatic heterocycles. The maximum absolute atomic E-state index is 12.7. The number of likely N-dealkylation sites (N-methyl/N-ethyl adjacent to an activating group) is 1. The van der Waals surface area contributed by atoms with Crippen molar-refractivity contribution < 1.29 is 24.3 Å². The molecule has 1 saturated carbocycles. The van der Waals surface area contributed by atoms with Crippen LogP contribution in [0.25, 0.3) is 0 Å². The molecule has 1 aromatic carbocycles. The van der Waals surface area contributed by atoms with E-state index in [1.165, 1.54) is 0 Å². The normalized spacial score (nSPS) is 15.8. The highest BCUT2D eigenvalue weighted by Gasteiger charge is 2.27. The predicted molar refractivity (Wildman–Crippen MR) is 126 cm³/mol. The first kappa shape index (κ1) is 26.6. The third-order valence-corrected chi connectivity index (χ3v) is 6.54. The van der Waals surface area contributed by atoms with Gasteiger partial charge in [0, 0.05) is 25.0 Å². The Morgan fingerprint density at radius 3 is 2.52 bits per heavy atom. The first-order valence-electron chi connectivity index (χ1n) is 11.5. The zero-order valence-electron chi connectivity index (χ0n) is 19.1. The van der Waals surface area contributed by atoms with Crippen LogP contribution in [-0.2, 0) is 20.8 Å². The van der Waals surface area contributed by atoms with Gasteiger partial charge >= 0.3 is 6.09 Å². The van der Waals surface area contributed by atoms with Crippen LogP contribution >= 0.6 is 11.6 Å². The van der Waals surface area contributed by atoms with Gasteiger partial charge in [0.2, 0.25) is 11.8 Å². The van der Waals surface area contributed by atoms with E-state index in [0.717, 1.165) is 37.7 Å². The SMILES string of the molecule is CN(CCc1ccccc1Cl)C(=O)CCC(C=O)NC(=O)C(CC1CCCCC1)NC(=O)O. The second-order valence-corrected chi connectivity index (χ2v) is 9.10. The highest BCUT2D eigenvalue weighted by molar-refractivity contribution is 6.31. The van der Waals surface area contributed by atoms with Gasteiger partial charge in [-0.1, -0.05) is 61.9 Å². The Balaban J connectivity index is 1.82. The van der Waals surface area contributed by atoms with E-state index in [9.17, 15) is 19.2 Å². The minimum absolute atomic E-state index is 0.0857. The summed E-state index contributed by atoms with van der Waals surface area (Å²) >= 11 is 6.15. The number of hydrogen-bond acceptors (Lipinski definition) is 4. The average Bonchev–Trinajstić information content (AvgIpc) is 2.80. The van der Waals surface area contributed by atoms with Gasteiger partial charge in [-0.3, -0.25) is 9.59 Å². The van der Waals surface area contributed by atoms with Crippen LogP contribution in [0.4, 0.5) is 4.79 Å². The van der Waals surface area contributed by atoms with Crippen molar-refractivity contribution in [3.8, 4) is 0 Å². The molecule has 0 spiro atoms. The van der Waals surface area contributed by atoms with Crippen molar-refractivity contribution in [2.75, 3.05) is 13.6 Å². The van der Waals surface area contributed by atoms with Crippen LogP contribution in [0.15, 0.2) is 24.3 Å². The Labute approximate surface area is 200 Å². The van der Waals surface area contributed by atoms with E-state index >= 15 is 0 Å². The van der Waals surface area contributed by atoms with Crippen molar-refractivity contribution in [3.05, 3.63) is 34.9 Å². The summed E-state index contributed by atoms with van der Waals surface area (Å²) in [5.74, 6) is -0.394. The summed E-state index contributed by atoms with van der Waals surface area (Å²) < 4.78 is 0. The number of benzene rings is 1. The summed E-state index contributed by atoms with van der Waals surface area (Å²) in [7, 11) is 1.69. The number of nitrogens with one attached hydrogen (secondary N) is 2. The Bertz CT molecular complexity index is 813. The van der Waals surface area contributed by atoms with E-state index in [4.69, 9.17) is 16.7 Å². The maximum Gasteiger partial charge on any atom is 0.405 e. The van der Waals surface area contributed by atoms with Gasteiger partial charge in [-0.05, 0) is 36.8 Å². The number of hydrogen-bond donors (Lipinski definition) is 3. The van der Waals surface area contributed by atoms with E-state index in [1.54, 1.807) is 18.0 Å². The van der Waals surface area contributed by atoms with Crippen LogP contribution in [-0.4, -0.2) is 59.9 Å². The van der Waals surface area contributed by atoms with Crippen LogP contribution in [0.3, 0.4) is 0 Å². The molecule has 2 unspecified atom stereocenters. The van der Waals surface area contributed by atoms with E-state index in [-0.39, 0.29) is 24.7 Å². The first-order valence-corrected chi connectivity index (χ1v) is 11.9. The van der Waals surface area contributed by atoms with E-state index in [0.29, 0.717) is 30.7 Å². The maximum atomic E-state index is 12.7. The lowest BCUT2D eigenvalue weighted by Crippen LogP contribution is -2.50. The standard InChI is InChI=1S/C24H34ClN3O5/c1-28(14-13-18-9-5-6-10-20(18)25)22(30)12-11-19(16-29)26-23(31)21(27-24(32)33)15-17-7-3-2-4-8-17/h5-6,9-10,16-17,19,21,27H,2-4,7-8,11-15H2,1H3,(H,26,31)(H,32,33). The molecular formula is C24H34ClN3O5. The fourth-order valence-corrected chi connectivity index (χ4v) is 4.41. The van der Waals surface area contributed by atoms with Crippen LogP contribution in [0.2, 0.25) is 5.02 Å². The molecule has 182 valence electrons. The van der Waals surface area contributed by atoms with Gasteiger partial charge in [0.15, 0.2) is 0 Å². The molecule has 1 fully saturated rings. The molecule has 1 aliphatic carbocycles. The second kappa shape index (κ2) is 13.8. The second-order valence-electron chi connectivity index (χ2n) is 8.69. The van der Waals surface area contributed by atoms with Crippen molar-refractivity contribution in [3.63, 3.8) is 0 Å². The molecule has 0 bridgehead atoms. The predicted octanol–water partition coefficient (Wildman–Crippen LogP) is 3.41. The lowest BCUT2D eigenvalue weighted by atomic mass is 9.84. The molecule has 2 atom stereocenters. The zero-order valence-corrected chi connectivity index (χ0v) is 19.9. The number of halogens is 1. The van der Waals surface area contributed by atoms with Crippen molar-refractivity contribution in [1.29, 1.82) is 0 Å². The summed E-state index contributed by atoms with van der Waals surface area (Å²) in [6, 6.07) is 5.68. The van der Waals surface area contributed by atoms with Crippen LogP contribution in [0.1, 0.15) is 56.9 Å². The summed E-state index contributed by atoms with van der Waals surface area (Å²) in [5, 5.41) is 14.7. The van der Waals surface area contributed by atoms with Gasteiger partial charge in [0.25, 0.3) is 0 Å². The fraction of sp³-hybridized carbons (Fsp3) is 0.583. The summed E-state index contributed by atoms with van der Waals surface area (Å²) in [6.07, 6.45) is 5.83. The minimum atomic E-state index is -1.27. The molecule has 0 heterocycles. The van der Waals surface area contributed by atoms with E-state index in [1.807, 2.05) is 18.2 Å². The number of aldehydes is 1. The number of nitrogens with zero attached hydrogens (tertiary/aromatic N) is 1. The topological polar surface area (TPSA) is 116 Å². The molecular weight excluding hydrogens is 446 g/mol. The zero-order chi connectivity index (χ0) is 24.2. The average molecular weight is 480 g/mol. The first-order chi connectivity index (χ1) is 15.8. The van der Waals surface area contributed by atoms with Gasteiger partial charge in [-0.25, -0.2) is 4.79 Å². The quantitative estimate of drug-likeness (QED) is 0.397. The van der Waals surface area contributed by atoms with Gasteiger partial charge in [0.1, 0.15) is 12.3 Å². The number of carbonyl (C=O) groups excluding carboxylic acids is 3. The Kier molecular flexibility index (Phi) is 11.2. The lowest BCUT2D eigenvalue weighted by Gasteiger charge is -2.26. The lowest BCUT2D eigenvalue weighted by molar-refractivity contribution is -0.131. The summed E-state index contributed by atoms with van der Waals surface area (Å²) in [6.45, 7) is 0.479. The Hall–Kier alpha value is -2.61. The number of carboxylic acid groups (broad SMARTS) is 1. The highest BCUT2D eigenvalue weighted by atomic mass is 35.5. The third-order valence-electron chi connectivity index (χ3n) is 6.17. The molecule has 8 nitrogen and oxygen atoms in total. The smallest absolute Gasteiger partial charge is 0.405 e. The van der Waals surface area contributed by atoms with Crippen molar-refractivity contribution in [1.82, 2.24) is 15.5 Å². The third kappa shape index (κ3) is 9.42. The van der Waals surface area contributed by atoms with Crippen molar-refractivity contribution in [2.24, 2.45) is 5.92 Å². The largest absolute Gasteiger partial charge is 0.465 e. The Morgan fingerprint density at radius 1 is 1.18 bits per heavy atom. The number of carbonyl (C=O) groups is 4. The molecule has 0 radical (unpaired) electrons. The molecule has 33 heavy (non-hydrogen) atoms. The molecule has 9 heteroatoms. The summed E-state index contributed by atoms with van der Waals surface area (Å²) in [5.41, 5.74) is 0.951. The molecule has 0 saturated heterocycles. The van der Waals surface area contributed by atoms with Gasteiger partial charge in [-0.2, -0.15) is 0 Å². The van der Waals surface area contributed by atoms with Gasteiger partial charge < -0.3 is 25.4 Å². The monoisotopic (exact) mass is 479 g/mol. The van der Waals surface area contributed by atoms with E-state index < -0.39 is 24.1 Å². The molecule has 0 aromatic heterocycles. The molecule has 1 aromatic rings. The van der Waals surface area contributed by atoms with Crippen LogP contribution in [0, 0.1) is 5.92 Å². The highest BCUT2D eigenvalue weighted by Crippen LogP contribution is 2.27. The van der Waals surface area contributed by atoms with Crippen LogP contribution in [0.5, 0.6) is 0 Å². The fourth-order valence-electron chi connectivity index (χ4n) is 4.18. The van der Waals surface area contributed by atoms with E-state index in [2.05, 4.69) is 10.6 Å². The molecule has 1 aliphatic rings. The van der Waals surface area contributed by atoms with Crippen molar-refractivity contribution in [2.45, 2.75) is 69.9 Å². The molecule has 3 N–H and O–H groups in total. The number of amides is 3. The molecule has 2 rings (SSSR count). The van der Waals surface area contributed by atoms with Gasteiger partial charge in [-0.15, -0.1) is 0 Å². The number of rotatable bonds is 12. The van der Waals surface area contributed by atoms with Crippen LogP contribution < -0.4 is 10.6 Å². The van der Waals surface area contributed by atoms with Crippen molar-refractivity contribution >= 4 is 35.8 Å². The molecule has 3 amide bonds. The minimum Gasteiger partial charge on any atom is -0.465 e.